The number of rotatable bonds is 5. The molecule has 1 heterocycles. The highest BCUT2D eigenvalue weighted by Crippen LogP contribution is 2.15. The Kier molecular flexibility index (Phi) is 4.52. The van der Waals surface area contributed by atoms with E-state index >= 15 is 0 Å². The van der Waals surface area contributed by atoms with Gasteiger partial charge in [-0.15, -0.1) is 0 Å². The highest BCUT2D eigenvalue weighted by molar-refractivity contribution is 6.02. The van der Waals surface area contributed by atoms with Gasteiger partial charge in [-0.1, -0.05) is 18.7 Å². The number of anilines is 1. The third-order valence-electron chi connectivity index (χ3n) is 3.38. The number of β-lactam (4-membered cyclic amide) rings is 1. The lowest BCUT2D eigenvalue weighted by molar-refractivity contribution is -0.152. The monoisotopic (exact) mass is 286 g/mol. The van der Waals surface area contributed by atoms with E-state index in [9.17, 15) is 14.4 Å². The van der Waals surface area contributed by atoms with Crippen LogP contribution < -0.4 is 5.32 Å². The van der Waals surface area contributed by atoms with Crippen LogP contribution in [0.1, 0.15) is 25.3 Å². The molecule has 110 valence electrons. The van der Waals surface area contributed by atoms with E-state index in [2.05, 4.69) is 11.9 Å². The molecule has 5 heteroatoms. The second kappa shape index (κ2) is 6.35. The van der Waals surface area contributed by atoms with Gasteiger partial charge in [0.15, 0.2) is 0 Å². The Bertz CT molecular complexity index is 590. The van der Waals surface area contributed by atoms with Gasteiger partial charge in [0.05, 0.1) is 0 Å². The van der Waals surface area contributed by atoms with Crippen LogP contribution in [0.25, 0.3) is 0 Å². The van der Waals surface area contributed by atoms with Crippen LogP contribution in [-0.2, 0) is 20.8 Å². The van der Waals surface area contributed by atoms with Gasteiger partial charge in [-0.25, -0.2) is 0 Å². The molecule has 0 bridgehead atoms. The van der Waals surface area contributed by atoms with Gasteiger partial charge in [-0.3, -0.25) is 19.3 Å². The minimum absolute atomic E-state index is 0.0853. The molecule has 1 aliphatic rings. The van der Waals surface area contributed by atoms with Crippen molar-refractivity contribution in [2.75, 3.05) is 11.9 Å². The molecule has 0 atom stereocenters. The van der Waals surface area contributed by atoms with Gasteiger partial charge in [0.1, 0.15) is 0 Å². The van der Waals surface area contributed by atoms with E-state index in [1.807, 2.05) is 12.1 Å². The number of hydrogen-bond donors (Lipinski definition) is 1. The molecule has 21 heavy (non-hydrogen) atoms. The molecule has 5 nitrogen and oxygen atoms in total. The molecular formula is C16H18N2O3. The Labute approximate surface area is 123 Å². The van der Waals surface area contributed by atoms with Gasteiger partial charge >= 0.3 is 0 Å². The van der Waals surface area contributed by atoms with Crippen LogP contribution in [-0.4, -0.2) is 29.2 Å². The number of imide groups is 1. The van der Waals surface area contributed by atoms with E-state index in [1.165, 1.54) is 4.90 Å². The molecule has 1 fully saturated rings. The highest BCUT2D eigenvalue weighted by atomic mass is 16.2. The number of hydrogen-bond acceptors (Lipinski definition) is 3. The Balaban J connectivity index is 1.85. The molecule has 0 spiro atoms. The molecule has 0 unspecified atom stereocenters. The number of nitrogens with one attached hydrogen (secondary N) is 1. The van der Waals surface area contributed by atoms with Crippen molar-refractivity contribution in [3.63, 3.8) is 0 Å². The lowest BCUT2D eigenvalue weighted by atomic mass is 10.1. The molecule has 1 aliphatic heterocycles. The van der Waals surface area contributed by atoms with Gasteiger partial charge in [-0.2, -0.15) is 0 Å². The average molecular weight is 286 g/mol. The quantitative estimate of drug-likeness (QED) is 0.664. The SMILES string of the molecule is C=C(C)C(=O)Nc1ccc(CCC(=O)N2CCC2=O)cc1. The maximum Gasteiger partial charge on any atom is 0.250 e. The first-order chi connectivity index (χ1) is 9.97. The Morgan fingerprint density at radius 3 is 2.43 bits per heavy atom. The lowest BCUT2D eigenvalue weighted by Crippen LogP contribution is -2.47. The molecule has 1 saturated heterocycles. The van der Waals surface area contributed by atoms with Crippen molar-refractivity contribution in [3.05, 3.63) is 42.0 Å². The molecule has 1 N–H and O–H groups in total. The zero-order valence-corrected chi connectivity index (χ0v) is 12.0. The molecule has 2 rings (SSSR count). The van der Waals surface area contributed by atoms with Gasteiger partial charge in [0.25, 0.3) is 5.91 Å². The summed E-state index contributed by atoms with van der Waals surface area (Å²) in [7, 11) is 0. The van der Waals surface area contributed by atoms with Crippen LogP contribution in [0.15, 0.2) is 36.4 Å². The second-order valence-corrected chi connectivity index (χ2v) is 5.12. The van der Waals surface area contributed by atoms with Gasteiger partial charge < -0.3 is 5.32 Å². The summed E-state index contributed by atoms with van der Waals surface area (Å²) in [5.41, 5.74) is 2.13. The van der Waals surface area contributed by atoms with Crippen molar-refractivity contribution in [1.29, 1.82) is 0 Å². The maximum absolute atomic E-state index is 11.7. The molecule has 1 aromatic rings. The van der Waals surface area contributed by atoms with Crippen molar-refractivity contribution in [3.8, 4) is 0 Å². The fourth-order valence-electron chi connectivity index (χ4n) is 1.96. The molecule has 0 aliphatic carbocycles. The molecule has 0 radical (unpaired) electrons. The number of aryl methyl sites for hydroxylation is 1. The molecule has 0 saturated carbocycles. The minimum Gasteiger partial charge on any atom is -0.322 e. The molecular weight excluding hydrogens is 268 g/mol. The number of likely N-dealkylation sites (tertiary alicyclic amines) is 1. The van der Waals surface area contributed by atoms with E-state index in [1.54, 1.807) is 19.1 Å². The third-order valence-corrected chi connectivity index (χ3v) is 3.38. The average Bonchev–Trinajstić information content (AvgIpc) is 2.44. The van der Waals surface area contributed by atoms with Crippen molar-refractivity contribution in [2.24, 2.45) is 0 Å². The highest BCUT2D eigenvalue weighted by Gasteiger charge is 2.29. The summed E-state index contributed by atoms with van der Waals surface area (Å²) >= 11 is 0. The van der Waals surface area contributed by atoms with E-state index in [-0.39, 0.29) is 17.7 Å². The van der Waals surface area contributed by atoms with Gasteiger partial charge in [0.2, 0.25) is 11.8 Å². The van der Waals surface area contributed by atoms with Crippen LogP contribution in [0, 0.1) is 0 Å². The standard InChI is InChI=1S/C16H18N2O3/c1-11(2)16(21)17-13-6-3-12(4-7-13)5-8-14(19)18-10-9-15(18)20/h3-4,6-7H,1,5,8-10H2,2H3,(H,17,21). The van der Waals surface area contributed by atoms with E-state index in [0.29, 0.717) is 37.1 Å². The van der Waals surface area contributed by atoms with Gasteiger partial charge in [-0.05, 0) is 31.0 Å². The van der Waals surface area contributed by atoms with Crippen LogP contribution >= 0.6 is 0 Å². The van der Waals surface area contributed by atoms with Crippen LogP contribution in [0.3, 0.4) is 0 Å². The number of nitrogens with zero attached hydrogens (tertiary/aromatic N) is 1. The first-order valence-corrected chi connectivity index (χ1v) is 6.86. The molecule has 3 amide bonds. The summed E-state index contributed by atoms with van der Waals surface area (Å²) < 4.78 is 0. The molecule has 0 aromatic heterocycles. The smallest absolute Gasteiger partial charge is 0.250 e. The summed E-state index contributed by atoms with van der Waals surface area (Å²) in [6.07, 6.45) is 1.38. The van der Waals surface area contributed by atoms with Crippen molar-refractivity contribution in [1.82, 2.24) is 4.90 Å². The largest absolute Gasteiger partial charge is 0.322 e. The zero-order chi connectivity index (χ0) is 15.4. The number of carbonyl (C=O) groups is 3. The van der Waals surface area contributed by atoms with E-state index < -0.39 is 0 Å². The van der Waals surface area contributed by atoms with Crippen molar-refractivity contribution < 1.29 is 14.4 Å². The maximum atomic E-state index is 11.7. The normalized spacial score (nSPS) is 13.6. The van der Waals surface area contributed by atoms with Crippen LogP contribution in [0.5, 0.6) is 0 Å². The predicted molar refractivity (Wildman–Crippen MR) is 79.5 cm³/mol. The lowest BCUT2D eigenvalue weighted by Gasteiger charge is -2.28. The van der Waals surface area contributed by atoms with E-state index in [4.69, 9.17) is 0 Å². The Hall–Kier alpha value is -2.43. The predicted octanol–water partition coefficient (Wildman–Crippen LogP) is 1.89. The molecule has 1 aromatic carbocycles. The first kappa shape index (κ1) is 15.0. The number of carbonyl (C=O) groups excluding carboxylic acids is 3. The first-order valence-electron chi connectivity index (χ1n) is 6.86. The second-order valence-electron chi connectivity index (χ2n) is 5.12. The summed E-state index contributed by atoms with van der Waals surface area (Å²) in [6.45, 7) is 5.76. The fourth-order valence-corrected chi connectivity index (χ4v) is 1.96. The summed E-state index contributed by atoms with van der Waals surface area (Å²) in [5, 5.41) is 2.72. The Morgan fingerprint density at radius 2 is 1.95 bits per heavy atom. The zero-order valence-electron chi connectivity index (χ0n) is 12.0. The number of amides is 3. The number of benzene rings is 1. The van der Waals surface area contributed by atoms with Crippen molar-refractivity contribution >= 4 is 23.4 Å². The fraction of sp³-hybridized carbons (Fsp3) is 0.312. The minimum atomic E-state index is -0.214. The summed E-state index contributed by atoms with van der Waals surface area (Å²) in [5.74, 6) is -0.419. The van der Waals surface area contributed by atoms with E-state index in [0.717, 1.165) is 5.56 Å². The summed E-state index contributed by atoms with van der Waals surface area (Å²) in [4.78, 5) is 35.6. The van der Waals surface area contributed by atoms with Crippen LogP contribution in [0.4, 0.5) is 5.69 Å². The van der Waals surface area contributed by atoms with Gasteiger partial charge in [0, 0.05) is 30.6 Å². The third kappa shape index (κ3) is 3.78. The van der Waals surface area contributed by atoms with Crippen molar-refractivity contribution in [2.45, 2.75) is 26.2 Å². The summed E-state index contributed by atoms with van der Waals surface area (Å²) in [6, 6.07) is 7.29. The van der Waals surface area contributed by atoms with Crippen LogP contribution in [0.2, 0.25) is 0 Å². The topological polar surface area (TPSA) is 66.5 Å². The Morgan fingerprint density at radius 1 is 1.29 bits per heavy atom.